The number of methoxy groups -OCH3 is 1. The normalized spacial score (nSPS) is 20.1. The SMILES string of the molecule is COC(=O)C1CSC(CNC(=O)O)=N1. The first-order valence-electron chi connectivity index (χ1n) is 3.87. The molecule has 1 amide bonds. The lowest BCUT2D eigenvalue weighted by molar-refractivity contribution is -0.141. The molecule has 0 aliphatic carbocycles. The van der Waals surface area contributed by atoms with Crippen LogP contribution in [0.4, 0.5) is 4.79 Å². The van der Waals surface area contributed by atoms with Crippen LogP contribution in [0.25, 0.3) is 0 Å². The number of carbonyl (C=O) groups is 2. The van der Waals surface area contributed by atoms with Crippen LogP contribution in [-0.2, 0) is 9.53 Å². The third-order valence-corrected chi connectivity index (χ3v) is 2.64. The van der Waals surface area contributed by atoms with E-state index in [0.717, 1.165) is 0 Å². The van der Waals surface area contributed by atoms with Crippen LogP contribution < -0.4 is 5.32 Å². The zero-order valence-electron chi connectivity index (χ0n) is 7.52. The van der Waals surface area contributed by atoms with Gasteiger partial charge in [-0.2, -0.15) is 0 Å². The molecule has 0 aromatic carbocycles. The Hall–Kier alpha value is -1.24. The Bertz CT molecular complexity index is 279. The second-order valence-corrected chi connectivity index (χ2v) is 3.62. The molecule has 0 saturated heterocycles. The van der Waals surface area contributed by atoms with Crippen molar-refractivity contribution in [3.05, 3.63) is 0 Å². The van der Waals surface area contributed by atoms with E-state index >= 15 is 0 Å². The summed E-state index contributed by atoms with van der Waals surface area (Å²) in [5.74, 6) is 0.131. The Morgan fingerprint density at radius 3 is 3.07 bits per heavy atom. The fourth-order valence-electron chi connectivity index (χ4n) is 0.928. The van der Waals surface area contributed by atoms with Gasteiger partial charge < -0.3 is 15.2 Å². The highest BCUT2D eigenvalue weighted by Gasteiger charge is 2.25. The number of hydrogen-bond acceptors (Lipinski definition) is 5. The van der Waals surface area contributed by atoms with Crippen LogP contribution in [0.3, 0.4) is 0 Å². The first kappa shape index (κ1) is 10.8. The Balaban J connectivity index is 2.42. The molecule has 14 heavy (non-hydrogen) atoms. The molecule has 1 aliphatic rings. The fourth-order valence-corrected chi connectivity index (χ4v) is 1.87. The van der Waals surface area contributed by atoms with Crippen molar-refractivity contribution in [1.29, 1.82) is 0 Å². The summed E-state index contributed by atoms with van der Waals surface area (Å²) in [6.45, 7) is 0.146. The molecule has 7 heteroatoms. The Kier molecular flexibility index (Phi) is 3.75. The van der Waals surface area contributed by atoms with Crippen LogP contribution >= 0.6 is 11.8 Å². The van der Waals surface area contributed by atoms with E-state index in [2.05, 4.69) is 15.0 Å². The van der Waals surface area contributed by atoms with Crippen molar-refractivity contribution in [2.75, 3.05) is 19.4 Å². The summed E-state index contributed by atoms with van der Waals surface area (Å²) in [5, 5.41) is 11.1. The number of nitrogens with one attached hydrogen (secondary N) is 1. The van der Waals surface area contributed by atoms with Crippen molar-refractivity contribution in [3.63, 3.8) is 0 Å². The van der Waals surface area contributed by atoms with Gasteiger partial charge in [0.05, 0.1) is 18.7 Å². The number of carboxylic acid groups (broad SMARTS) is 1. The zero-order valence-corrected chi connectivity index (χ0v) is 8.34. The van der Waals surface area contributed by atoms with E-state index in [1.54, 1.807) is 0 Å². The largest absolute Gasteiger partial charge is 0.467 e. The molecule has 0 aromatic heterocycles. The van der Waals surface area contributed by atoms with E-state index in [-0.39, 0.29) is 12.5 Å². The van der Waals surface area contributed by atoms with E-state index in [1.807, 2.05) is 0 Å². The average molecular weight is 218 g/mol. The third-order valence-electron chi connectivity index (χ3n) is 1.57. The van der Waals surface area contributed by atoms with Crippen molar-refractivity contribution in [3.8, 4) is 0 Å². The quantitative estimate of drug-likeness (QED) is 0.648. The molecule has 1 atom stereocenters. The van der Waals surface area contributed by atoms with Crippen molar-refractivity contribution < 1.29 is 19.4 Å². The van der Waals surface area contributed by atoms with Gasteiger partial charge in [0, 0.05) is 5.75 Å². The maximum Gasteiger partial charge on any atom is 0.405 e. The minimum Gasteiger partial charge on any atom is -0.467 e. The molecule has 1 heterocycles. The summed E-state index contributed by atoms with van der Waals surface area (Å²) in [6.07, 6.45) is -1.10. The molecule has 1 rings (SSSR count). The number of ether oxygens (including phenoxy) is 1. The fraction of sp³-hybridized carbons (Fsp3) is 0.571. The van der Waals surface area contributed by atoms with Gasteiger partial charge in [0.1, 0.15) is 0 Å². The lowest BCUT2D eigenvalue weighted by atomic mass is 10.4. The van der Waals surface area contributed by atoms with Crippen molar-refractivity contribution in [2.45, 2.75) is 6.04 Å². The molecule has 0 bridgehead atoms. The number of esters is 1. The van der Waals surface area contributed by atoms with Gasteiger partial charge in [0.2, 0.25) is 0 Å². The van der Waals surface area contributed by atoms with Gasteiger partial charge in [-0.15, -0.1) is 11.8 Å². The van der Waals surface area contributed by atoms with Gasteiger partial charge in [-0.3, -0.25) is 4.99 Å². The topological polar surface area (TPSA) is 88.0 Å². The van der Waals surface area contributed by atoms with Crippen molar-refractivity contribution in [1.82, 2.24) is 5.32 Å². The summed E-state index contributed by atoms with van der Waals surface area (Å²) < 4.78 is 4.51. The molecular weight excluding hydrogens is 208 g/mol. The molecule has 78 valence electrons. The van der Waals surface area contributed by atoms with E-state index in [4.69, 9.17) is 5.11 Å². The summed E-state index contributed by atoms with van der Waals surface area (Å²) >= 11 is 1.36. The van der Waals surface area contributed by atoms with E-state index in [0.29, 0.717) is 10.8 Å². The molecule has 0 aromatic rings. The number of carbonyl (C=O) groups excluding carboxylic acids is 1. The Morgan fingerprint density at radius 1 is 1.79 bits per heavy atom. The number of rotatable bonds is 3. The molecule has 1 unspecified atom stereocenters. The summed E-state index contributed by atoms with van der Waals surface area (Å²) in [6, 6.07) is -0.490. The highest BCUT2D eigenvalue weighted by atomic mass is 32.2. The first-order valence-corrected chi connectivity index (χ1v) is 4.86. The van der Waals surface area contributed by atoms with Gasteiger partial charge in [0.25, 0.3) is 0 Å². The minimum atomic E-state index is -1.10. The molecule has 2 N–H and O–H groups in total. The molecule has 0 spiro atoms. The van der Waals surface area contributed by atoms with Crippen molar-refractivity contribution >= 4 is 28.9 Å². The van der Waals surface area contributed by atoms with Crippen LogP contribution in [0.15, 0.2) is 4.99 Å². The Morgan fingerprint density at radius 2 is 2.50 bits per heavy atom. The molecule has 6 nitrogen and oxygen atoms in total. The Labute approximate surface area is 84.7 Å². The van der Waals surface area contributed by atoms with Gasteiger partial charge in [0.15, 0.2) is 6.04 Å². The summed E-state index contributed by atoms with van der Waals surface area (Å²) in [4.78, 5) is 25.2. The van der Waals surface area contributed by atoms with Crippen LogP contribution in [-0.4, -0.2) is 47.7 Å². The monoisotopic (exact) mass is 218 g/mol. The maximum atomic E-state index is 11.0. The van der Waals surface area contributed by atoms with Crippen LogP contribution in [0.2, 0.25) is 0 Å². The number of hydrogen-bond donors (Lipinski definition) is 2. The van der Waals surface area contributed by atoms with E-state index < -0.39 is 12.1 Å². The van der Waals surface area contributed by atoms with Crippen LogP contribution in [0.5, 0.6) is 0 Å². The number of aliphatic imine (C=N–C) groups is 1. The molecule has 1 aliphatic heterocycles. The second-order valence-electron chi connectivity index (χ2n) is 2.53. The molecule has 0 radical (unpaired) electrons. The smallest absolute Gasteiger partial charge is 0.405 e. The summed E-state index contributed by atoms with van der Waals surface area (Å²) in [7, 11) is 1.30. The maximum absolute atomic E-state index is 11.0. The number of nitrogens with zero attached hydrogens (tertiary/aromatic N) is 1. The molecule has 0 fully saturated rings. The van der Waals surface area contributed by atoms with Gasteiger partial charge >= 0.3 is 12.1 Å². The minimum absolute atomic E-state index is 0.146. The summed E-state index contributed by atoms with van der Waals surface area (Å²) in [5.41, 5.74) is 0. The number of amides is 1. The highest BCUT2D eigenvalue weighted by Crippen LogP contribution is 2.18. The van der Waals surface area contributed by atoms with E-state index in [1.165, 1.54) is 18.9 Å². The lowest BCUT2D eigenvalue weighted by Gasteiger charge is -2.00. The number of thioether (sulfide) groups is 1. The van der Waals surface area contributed by atoms with Gasteiger partial charge in [-0.1, -0.05) is 0 Å². The first-order chi connectivity index (χ1) is 6.63. The molecular formula is C7H10N2O4S. The second kappa shape index (κ2) is 4.85. The van der Waals surface area contributed by atoms with Crippen molar-refractivity contribution in [2.24, 2.45) is 4.99 Å². The average Bonchev–Trinajstić information content (AvgIpc) is 2.62. The lowest BCUT2D eigenvalue weighted by Crippen LogP contribution is -2.26. The van der Waals surface area contributed by atoms with Gasteiger partial charge in [-0.25, -0.2) is 9.59 Å². The molecule has 0 saturated carbocycles. The van der Waals surface area contributed by atoms with E-state index in [9.17, 15) is 9.59 Å². The van der Waals surface area contributed by atoms with Crippen LogP contribution in [0.1, 0.15) is 0 Å². The predicted molar refractivity (Wildman–Crippen MR) is 51.7 cm³/mol. The third kappa shape index (κ3) is 2.91. The highest BCUT2D eigenvalue weighted by molar-refractivity contribution is 8.14. The zero-order chi connectivity index (χ0) is 10.6. The van der Waals surface area contributed by atoms with Crippen LogP contribution in [0, 0.1) is 0 Å². The van der Waals surface area contributed by atoms with Gasteiger partial charge in [-0.05, 0) is 0 Å². The standard InChI is InChI=1S/C7H10N2O4S/c1-13-6(10)4-3-14-5(9-4)2-8-7(11)12/h4,8H,2-3H2,1H3,(H,11,12). The predicted octanol–water partition coefficient (Wildman–Crippen LogP) is -0.0591.